The van der Waals surface area contributed by atoms with Gasteiger partial charge < -0.3 is 30.1 Å². The molecular formula is C16H30N4O6. The molecule has 4 N–H and O–H groups in total. The second-order valence-corrected chi connectivity index (χ2v) is 6.38. The fourth-order valence-corrected chi connectivity index (χ4v) is 2.85. The molecule has 1 aliphatic rings. The lowest BCUT2D eigenvalue weighted by Crippen LogP contribution is -2.64. The standard InChI is InChI=1S/C16H30N4O6/c1-11(22)19-13-15(24)14(23)12(10-21)26-16(13)25-9-7-5-3-2-4-6-8-18-20-17/h12-16,21,23-24H,2-10H2,1H3,(H,19,22)/t12?,13?,14-,15-,16-/m1/s1. The molecule has 2 unspecified atom stereocenters. The second-order valence-electron chi connectivity index (χ2n) is 6.38. The van der Waals surface area contributed by atoms with Crippen molar-refractivity contribution in [3.05, 3.63) is 10.4 Å². The normalized spacial score (nSPS) is 28.4. The van der Waals surface area contributed by atoms with E-state index in [1.165, 1.54) is 6.92 Å². The van der Waals surface area contributed by atoms with Crippen molar-refractivity contribution in [2.75, 3.05) is 19.8 Å². The van der Waals surface area contributed by atoms with Gasteiger partial charge in [-0.15, -0.1) is 0 Å². The summed E-state index contributed by atoms with van der Waals surface area (Å²) in [6, 6.07) is -0.897. The molecule has 0 aromatic heterocycles. The molecule has 1 fully saturated rings. The Labute approximate surface area is 153 Å². The van der Waals surface area contributed by atoms with E-state index in [0.29, 0.717) is 13.2 Å². The van der Waals surface area contributed by atoms with E-state index < -0.39 is 37.3 Å². The molecule has 0 aliphatic carbocycles. The zero-order valence-electron chi connectivity index (χ0n) is 15.2. The van der Waals surface area contributed by atoms with E-state index in [2.05, 4.69) is 15.3 Å². The summed E-state index contributed by atoms with van der Waals surface area (Å²) < 4.78 is 11.1. The predicted molar refractivity (Wildman–Crippen MR) is 93.0 cm³/mol. The number of azide groups is 1. The van der Waals surface area contributed by atoms with Crippen LogP contribution < -0.4 is 5.32 Å². The van der Waals surface area contributed by atoms with E-state index in [9.17, 15) is 20.1 Å². The molecule has 150 valence electrons. The van der Waals surface area contributed by atoms with Crippen molar-refractivity contribution in [1.82, 2.24) is 5.32 Å². The number of carbonyl (C=O) groups excluding carboxylic acids is 1. The van der Waals surface area contributed by atoms with Gasteiger partial charge >= 0.3 is 0 Å². The molecular weight excluding hydrogens is 344 g/mol. The monoisotopic (exact) mass is 374 g/mol. The number of aliphatic hydroxyl groups excluding tert-OH is 3. The Morgan fingerprint density at radius 1 is 1.19 bits per heavy atom. The quantitative estimate of drug-likeness (QED) is 0.169. The summed E-state index contributed by atoms with van der Waals surface area (Å²) in [6.45, 7) is 1.75. The lowest BCUT2D eigenvalue weighted by molar-refractivity contribution is -0.270. The van der Waals surface area contributed by atoms with Gasteiger partial charge in [0.25, 0.3) is 0 Å². The van der Waals surface area contributed by atoms with Gasteiger partial charge in [-0.3, -0.25) is 4.79 Å². The molecule has 1 rings (SSSR count). The van der Waals surface area contributed by atoms with Crippen molar-refractivity contribution in [3.63, 3.8) is 0 Å². The zero-order chi connectivity index (χ0) is 19.4. The first-order chi connectivity index (χ1) is 12.5. The number of ether oxygens (including phenoxy) is 2. The van der Waals surface area contributed by atoms with Gasteiger partial charge in [-0.25, -0.2) is 0 Å². The average Bonchev–Trinajstić information content (AvgIpc) is 2.62. The van der Waals surface area contributed by atoms with Gasteiger partial charge in [0.1, 0.15) is 24.4 Å². The number of carbonyl (C=O) groups is 1. The zero-order valence-corrected chi connectivity index (χ0v) is 15.2. The average molecular weight is 374 g/mol. The minimum atomic E-state index is -1.30. The van der Waals surface area contributed by atoms with Gasteiger partial charge in [0, 0.05) is 25.0 Å². The summed E-state index contributed by atoms with van der Waals surface area (Å²) in [4.78, 5) is 14.0. The van der Waals surface area contributed by atoms with Crippen LogP contribution in [0, 0.1) is 0 Å². The molecule has 0 radical (unpaired) electrons. The molecule has 0 spiro atoms. The number of aliphatic hydroxyl groups is 3. The topological polar surface area (TPSA) is 157 Å². The van der Waals surface area contributed by atoms with Crippen LogP contribution in [0.25, 0.3) is 10.4 Å². The Kier molecular flexibility index (Phi) is 11.2. The van der Waals surface area contributed by atoms with E-state index in [1.807, 2.05) is 0 Å². The van der Waals surface area contributed by atoms with Crippen LogP contribution in [0.1, 0.15) is 45.4 Å². The number of hydrogen-bond acceptors (Lipinski definition) is 7. The summed E-state index contributed by atoms with van der Waals surface area (Å²) >= 11 is 0. The molecule has 1 saturated heterocycles. The van der Waals surface area contributed by atoms with Gasteiger partial charge in [0.05, 0.1) is 6.61 Å². The Hall–Kier alpha value is -1.42. The molecule has 0 bridgehead atoms. The Morgan fingerprint density at radius 2 is 1.85 bits per heavy atom. The molecule has 0 aromatic carbocycles. The summed E-state index contributed by atoms with van der Waals surface area (Å²) in [5.74, 6) is -0.373. The minimum Gasteiger partial charge on any atom is -0.394 e. The maximum absolute atomic E-state index is 11.3. The highest BCUT2D eigenvalue weighted by Crippen LogP contribution is 2.22. The summed E-state index contributed by atoms with van der Waals surface area (Å²) in [5, 5.41) is 35.3. The largest absolute Gasteiger partial charge is 0.394 e. The first-order valence-corrected chi connectivity index (χ1v) is 9.03. The third-order valence-corrected chi connectivity index (χ3v) is 4.25. The number of nitrogens with one attached hydrogen (secondary N) is 1. The third-order valence-electron chi connectivity index (χ3n) is 4.25. The van der Waals surface area contributed by atoms with E-state index in [0.717, 1.165) is 38.5 Å². The number of rotatable bonds is 12. The van der Waals surface area contributed by atoms with Crippen LogP contribution in [0.15, 0.2) is 5.11 Å². The molecule has 1 aliphatic heterocycles. The van der Waals surface area contributed by atoms with Crippen LogP contribution in [0.2, 0.25) is 0 Å². The highest BCUT2D eigenvalue weighted by Gasteiger charge is 2.45. The van der Waals surface area contributed by atoms with Crippen LogP contribution in [0.3, 0.4) is 0 Å². The van der Waals surface area contributed by atoms with Crippen LogP contribution >= 0.6 is 0 Å². The van der Waals surface area contributed by atoms with Gasteiger partial charge in [0.15, 0.2) is 6.29 Å². The fourth-order valence-electron chi connectivity index (χ4n) is 2.85. The summed E-state index contributed by atoms with van der Waals surface area (Å²) in [6.07, 6.45) is 1.23. The van der Waals surface area contributed by atoms with Gasteiger partial charge in [-0.05, 0) is 18.4 Å². The molecule has 0 aromatic rings. The molecule has 26 heavy (non-hydrogen) atoms. The SMILES string of the molecule is CC(=O)NC1[C@H](OCCCCCCCCN=[N+]=[N-])OC(CO)[C@@H](O)[C@@H]1O. The van der Waals surface area contributed by atoms with E-state index in [1.54, 1.807) is 0 Å². The molecule has 1 heterocycles. The van der Waals surface area contributed by atoms with E-state index in [-0.39, 0.29) is 5.91 Å². The lowest BCUT2D eigenvalue weighted by Gasteiger charge is -2.42. The van der Waals surface area contributed by atoms with Crippen LogP contribution in [0.5, 0.6) is 0 Å². The van der Waals surface area contributed by atoms with Crippen molar-refractivity contribution < 1.29 is 29.6 Å². The van der Waals surface area contributed by atoms with Crippen molar-refractivity contribution in [1.29, 1.82) is 0 Å². The van der Waals surface area contributed by atoms with Crippen molar-refractivity contribution in [2.24, 2.45) is 5.11 Å². The van der Waals surface area contributed by atoms with Gasteiger partial charge in [0.2, 0.25) is 5.91 Å². The minimum absolute atomic E-state index is 0.373. The number of amides is 1. The first kappa shape index (κ1) is 22.6. The lowest BCUT2D eigenvalue weighted by atomic mass is 9.97. The number of hydrogen-bond donors (Lipinski definition) is 4. The molecule has 10 heteroatoms. The van der Waals surface area contributed by atoms with Gasteiger partial charge in [-0.2, -0.15) is 0 Å². The molecule has 5 atom stereocenters. The molecule has 1 amide bonds. The van der Waals surface area contributed by atoms with Crippen molar-refractivity contribution in [3.8, 4) is 0 Å². The first-order valence-electron chi connectivity index (χ1n) is 9.03. The summed E-state index contributed by atoms with van der Waals surface area (Å²) in [5.41, 5.74) is 8.17. The second kappa shape index (κ2) is 12.9. The number of unbranched alkanes of at least 4 members (excludes halogenated alkanes) is 5. The maximum atomic E-state index is 11.3. The van der Waals surface area contributed by atoms with Crippen molar-refractivity contribution in [2.45, 2.75) is 76.1 Å². The van der Waals surface area contributed by atoms with Crippen LogP contribution in [0.4, 0.5) is 0 Å². The number of nitrogens with zero attached hydrogens (tertiary/aromatic N) is 3. The Balaban J connectivity index is 2.30. The smallest absolute Gasteiger partial charge is 0.217 e. The van der Waals surface area contributed by atoms with Gasteiger partial charge in [-0.1, -0.05) is 30.8 Å². The highest BCUT2D eigenvalue weighted by atomic mass is 16.7. The Bertz CT molecular complexity index is 460. The predicted octanol–water partition coefficient (Wildman–Crippen LogP) is 0.598. The van der Waals surface area contributed by atoms with E-state index >= 15 is 0 Å². The third kappa shape index (κ3) is 7.86. The van der Waals surface area contributed by atoms with Crippen LogP contribution in [-0.4, -0.2) is 71.6 Å². The Morgan fingerprint density at radius 3 is 2.46 bits per heavy atom. The van der Waals surface area contributed by atoms with Crippen LogP contribution in [-0.2, 0) is 14.3 Å². The molecule has 0 saturated carbocycles. The fraction of sp³-hybridized carbons (Fsp3) is 0.938. The molecule has 10 nitrogen and oxygen atoms in total. The maximum Gasteiger partial charge on any atom is 0.217 e. The van der Waals surface area contributed by atoms with Crippen molar-refractivity contribution >= 4 is 5.91 Å². The highest BCUT2D eigenvalue weighted by molar-refractivity contribution is 5.73. The van der Waals surface area contributed by atoms with E-state index in [4.69, 9.17) is 15.0 Å². The summed E-state index contributed by atoms with van der Waals surface area (Å²) in [7, 11) is 0.